The van der Waals surface area contributed by atoms with Crippen LogP contribution in [0.3, 0.4) is 0 Å². The molecule has 0 saturated carbocycles. The number of halogens is 2. The van der Waals surface area contributed by atoms with Gasteiger partial charge in [-0.15, -0.1) is 0 Å². The van der Waals surface area contributed by atoms with Crippen LogP contribution < -0.4 is 9.62 Å². The van der Waals surface area contributed by atoms with Crippen molar-refractivity contribution in [2.24, 2.45) is 0 Å². The van der Waals surface area contributed by atoms with Crippen LogP contribution in [0.1, 0.15) is 11.1 Å². The number of nitrogens with one attached hydrogen (secondary N) is 1. The summed E-state index contributed by atoms with van der Waals surface area (Å²) >= 11 is 9.38. The largest absolute Gasteiger partial charge is 0.325 e. The second-order valence-corrected chi connectivity index (χ2v) is 8.91. The molecule has 0 aliphatic heterocycles. The number of hydrogen-bond acceptors (Lipinski definition) is 3. The molecule has 5 nitrogen and oxygen atoms in total. The van der Waals surface area contributed by atoms with Gasteiger partial charge in [-0.2, -0.15) is 0 Å². The number of carbonyl (C=O) groups is 1. The van der Waals surface area contributed by atoms with Crippen molar-refractivity contribution >= 4 is 54.8 Å². The van der Waals surface area contributed by atoms with Gasteiger partial charge in [0.05, 0.1) is 11.9 Å². The first kappa shape index (κ1) is 19.8. The Morgan fingerprint density at radius 1 is 1.16 bits per heavy atom. The van der Waals surface area contributed by atoms with Gasteiger partial charge >= 0.3 is 0 Å². The van der Waals surface area contributed by atoms with E-state index in [2.05, 4.69) is 21.2 Å². The number of anilines is 2. The first-order valence-electron chi connectivity index (χ1n) is 7.38. The molecule has 0 aromatic heterocycles. The van der Waals surface area contributed by atoms with Gasteiger partial charge in [0.2, 0.25) is 15.9 Å². The number of amides is 1. The van der Waals surface area contributed by atoms with Crippen molar-refractivity contribution in [3.8, 4) is 0 Å². The predicted octanol–water partition coefficient (Wildman–Crippen LogP) is 4.12. The van der Waals surface area contributed by atoms with Gasteiger partial charge in [-0.25, -0.2) is 8.42 Å². The van der Waals surface area contributed by atoms with Crippen LogP contribution in [-0.4, -0.2) is 27.1 Å². The van der Waals surface area contributed by atoms with Gasteiger partial charge in [0.15, 0.2) is 0 Å². The third-order valence-electron chi connectivity index (χ3n) is 3.57. The Balaban J connectivity index is 2.27. The van der Waals surface area contributed by atoms with Crippen molar-refractivity contribution in [1.29, 1.82) is 0 Å². The van der Waals surface area contributed by atoms with Crippen molar-refractivity contribution in [1.82, 2.24) is 0 Å². The summed E-state index contributed by atoms with van der Waals surface area (Å²) in [5.41, 5.74) is 2.66. The summed E-state index contributed by atoms with van der Waals surface area (Å²) in [5.74, 6) is -0.438. The van der Waals surface area contributed by atoms with E-state index in [-0.39, 0.29) is 6.54 Å². The molecular weight excluding hydrogens is 428 g/mol. The van der Waals surface area contributed by atoms with Crippen LogP contribution in [-0.2, 0) is 14.8 Å². The van der Waals surface area contributed by atoms with E-state index in [4.69, 9.17) is 11.6 Å². The van der Waals surface area contributed by atoms with E-state index in [9.17, 15) is 13.2 Å². The van der Waals surface area contributed by atoms with Crippen molar-refractivity contribution in [3.05, 3.63) is 57.0 Å². The number of hydrogen-bond donors (Lipinski definition) is 1. The minimum absolute atomic E-state index is 0.338. The molecule has 1 amide bonds. The molecule has 134 valence electrons. The highest BCUT2D eigenvalue weighted by atomic mass is 79.9. The lowest BCUT2D eigenvalue weighted by Gasteiger charge is -2.24. The van der Waals surface area contributed by atoms with Gasteiger partial charge < -0.3 is 5.32 Å². The zero-order chi connectivity index (χ0) is 18.8. The lowest BCUT2D eigenvalue weighted by Crippen LogP contribution is -2.37. The van der Waals surface area contributed by atoms with Gasteiger partial charge in [-0.1, -0.05) is 33.6 Å². The van der Waals surface area contributed by atoms with Gasteiger partial charge in [-0.3, -0.25) is 9.10 Å². The minimum atomic E-state index is -3.65. The molecule has 0 heterocycles. The Hall–Kier alpha value is -1.57. The molecule has 0 radical (unpaired) electrons. The first-order chi connectivity index (χ1) is 11.6. The Morgan fingerprint density at radius 2 is 1.84 bits per heavy atom. The third-order valence-corrected chi connectivity index (χ3v) is 5.82. The fourth-order valence-electron chi connectivity index (χ4n) is 2.29. The molecule has 2 rings (SSSR count). The van der Waals surface area contributed by atoms with Crippen molar-refractivity contribution in [2.45, 2.75) is 13.8 Å². The van der Waals surface area contributed by atoms with Crippen molar-refractivity contribution in [2.75, 3.05) is 22.4 Å². The lowest BCUT2D eigenvalue weighted by molar-refractivity contribution is -0.114. The third kappa shape index (κ3) is 5.20. The Bertz CT molecular complexity index is 916. The SMILES string of the molecule is Cc1cc(NC(=O)CN(c2cc(Cl)ccc2C)S(C)(=O)=O)ccc1Br. The second-order valence-electron chi connectivity index (χ2n) is 5.71. The van der Waals surface area contributed by atoms with Crippen LogP contribution in [0.25, 0.3) is 0 Å². The van der Waals surface area contributed by atoms with E-state index in [1.807, 2.05) is 13.0 Å². The van der Waals surface area contributed by atoms with Crippen molar-refractivity contribution < 1.29 is 13.2 Å². The summed E-state index contributed by atoms with van der Waals surface area (Å²) in [4.78, 5) is 12.4. The number of carbonyl (C=O) groups excluding carboxylic acids is 1. The summed E-state index contributed by atoms with van der Waals surface area (Å²) < 4.78 is 26.3. The first-order valence-corrected chi connectivity index (χ1v) is 10.4. The fourth-order valence-corrected chi connectivity index (χ4v) is 3.60. The molecule has 1 N–H and O–H groups in total. The van der Waals surface area contributed by atoms with Gasteiger partial charge in [0.1, 0.15) is 6.54 Å². The average Bonchev–Trinajstić information content (AvgIpc) is 2.50. The minimum Gasteiger partial charge on any atom is -0.325 e. The highest BCUT2D eigenvalue weighted by Crippen LogP contribution is 2.26. The van der Waals surface area contributed by atoms with Gasteiger partial charge in [0.25, 0.3) is 0 Å². The van der Waals surface area contributed by atoms with Crippen molar-refractivity contribution in [3.63, 3.8) is 0 Å². The second kappa shape index (κ2) is 7.76. The quantitative estimate of drug-likeness (QED) is 0.752. The number of aryl methyl sites for hydroxylation is 2. The fraction of sp³-hybridized carbons (Fsp3) is 0.235. The molecule has 2 aromatic rings. The smallest absolute Gasteiger partial charge is 0.245 e. The molecule has 0 fully saturated rings. The molecule has 2 aromatic carbocycles. The molecule has 0 bridgehead atoms. The average molecular weight is 446 g/mol. The Morgan fingerprint density at radius 3 is 2.44 bits per heavy atom. The van der Waals surface area contributed by atoms with E-state index < -0.39 is 15.9 Å². The molecule has 0 aliphatic carbocycles. The summed E-state index contributed by atoms with van der Waals surface area (Å²) in [7, 11) is -3.65. The van der Waals surface area contributed by atoms with Crippen LogP contribution >= 0.6 is 27.5 Å². The van der Waals surface area contributed by atoms with E-state index in [0.29, 0.717) is 22.0 Å². The molecular formula is C17H18BrClN2O3S. The number of nitrogens with zero attached hydrogens (tertiary/aromatic N) is 1. The molecule has 8 heteroatoms. The summed E-state index contributed by atoms with van der Waals surface area (Å²) in [6.07, 6.45) is 1.06. The zero-order valence-corrected chi connectivity index (χ0v) is 17.2. The number of benzene rings is 2. The maximum Gasteiger partial charge on any atom is 0.245 e. The summed E-state index contributed by atoms with van der Waals surface area (Å²) in [6, 6.07) is 10.3. The summed E-state index contributed by atoms with van der Waals surface area (Å²) in [5, 5.41) is 3.12. The molecule has 0 saturated heterocycles. The van der Waals surface area contributed by atoms with Crippen LogP contribution in [0.5, 0.6) is 0 Å². The molecule has 0 spiro atoms. The Labute approximate surface area is 161 Å². The lowest BCUT2D eigenvalue weighted by atomic mass is 10.2. The zero-order valence-electron chi connectivity index (χ0n) is 14.0. The predicted molar refractivity (Wildman–Crippen MR) is 106 cm³/mol. The summed E-state index contributed by atoms with van der Waals surface area (Å²) in [6.45, 7) is 3.33. The molecule has 0 aliphatic rings. The highest BCUT2D eigenvalue weighted by Gasteiger charge is 2.22. The normalized spacial score (nSPS) is 11.2. The number of sulfonamides is 1. The number of rotatable bonds is 5. The van der Waals surface area contributed by atoms with E-state index >= 15 is 0 Å². The van der Waals surface area contributed by atoms with Crippen LogP contribution in [0.2, 0.25) is 5.02 Å². The maximum atomic E-state index is 12.4. The maximum absolute atomic E-state index is 12.4. The highest BCUT2D eigenvalue weighted by molar-refractivity contribution is 9.10. The Kier molecular flexibility index (Phi) is 6.13. The molecule has 25 heavy (non-hydrogen) atoms. The van der Waals surface area contributed by atoms with Crippen LogP contribution in [0, 0.1) is 13.8 Å². The van der Waals surface area contributed by atoms with Gasteiger partial charge in [0, 0.05) is 15.2 Å². The molecule has 0 atom stereocenters. The standard InChI is InChI=1S/C17H18BrClN2O3S/c1-11-4-5-13(19)9-16(11)21(25(3,23)24)10-17(22)20-14-6-7-15(18)12(2)8-14/h4-9H,10H2,1-3H3,(H,20,22). The van der Waals surface area contributed by atoms with Gasteiger partial charge in [-0.05, 0) is 55.3 Å². The van der Waals surface area contributed by atoms with E-state index in [1.165, 1.54) is 6.07 Å². The molecule has 0 unspecified atom stereocenters. The van der Waals surface area contributed by atoms with E-state index in [0.717, 1.165) is 20.6 Å². The topological polar surface area (TPSA) is 66.5 Å². The van der Waals surface area contributed by atoms with E-state index in [1.54, 1.807) is 31.2 Å². The van der Waals surface area contributed by atoms with Crippen LogP contribution in [0.15, 0.2) is 40.9 Å². The monoisotopic (exact) mass is 444 g/mol. The van der Waals surface area contributed by atoms with Crippen LogP contribution in [0.4, 0.5) is 11.4 Å².